The molecule has 0 spiro atoms. The van der Waals surface area contributed by atoms with Crippen LogP contribution in [-0.4, -0.2) is 50.6 Å². The van der Waals surface area contributed by atoms with Gasteiger partial charge < -0.3 is 25.2 Å². The first kappa shape index (κ1) is 25.4. The molecule has 1 atom stereocenters. The zero-order chi connectivity index (χ0) is 21.3. The summed E-state index contributed by atoms with van der Waals surface area (Å²) in [7, 11) is 0. The summed E-state index contributed by atoms with van der Waals surface area (Å²) < 4.78 is 10.9. The Morgan fingerprint density at radius 1 is 1.10 bits per heavy atom. The summed E-state index contributed by atoms with van der Waals surface area (Å²) in [6.45, 7) is 13.5. The van der Waals surface area contributed by atoms with Crippen LogP contribution in [-0.2, 0) is 22.6 Å². The van der Waals surface area contributed by atoms with Crippen LogP contribution < -0.4 is 10.6 Å². The number of rotatable bonds is 15. The van der Waals surface area contributed by atoms with E-state index in [1.165, 1.54) is 0 Å². The van der Waals surface area contributed by atoms with Gasteiger partial charge in [0.1, 0.15) is 0 Å². The molecular formula is C23H41N3O3. The maximum atomic E-state index is 9.31. The first-order valence-corrected chi connectivity index (χ1v) is 10.9. The largest absolute Gasteiger partial charge is 0.396 e. The summed E-state index contributed by atoms with van der Waals surface area (Å²) in [6, 6.07) is 8.35. The second-order valence-corrected chi connectivity index (χ2v) is 7.65. The van der Waals surface area contributed by atoms with Gasteiger partial charge in [-0.05, 0) is 49.7 Å². The molecule has 0 saturated heterocycles. The predicted molar refractivity (Wildman–Crippen MR) is 120 cm³/mol. The average Bonchev–Trinajstić information content (AvgIpc) is 2.70. The minimum Gasteiger partial charge on any atom is -0.396 e. The molecule has 1 aromatic rings. The van der Waals surface area contributed by atoms with Crippen molar-refractivity contribution < 1.29 is 14.6 Å². The summed E-state index contributed by atoms with van der Waals surface area (Å²) in [5.41, 5.74) is 2.30. The van der Waals surface area contributed by atoms with Gasteiger partial charge in [0.25, 0.3) is 0 Å². The van der Waals surface area contributed by atoms with Gasteiger partial charge in [-0.15, -0.1) is 0 Å². The second-order valence-electron chi connectivity index (χ2n) is 7.65. The number of aliphatic hydroxyl groups is 1. The van der Waals surface area contributed by atoms with E-state index < -0.39 is 0 Å². The van der Waals surface area contributed by atoms with Gasteiger partial charge in [0, 0.05) is 26.3 Å². The summed E-state index contributed by atoms with van der Waals surface area (Å²) in [5, 5.41) is 16.1. The van der Waals surface area contributed by atoms with Crippen molar-refractivity contribution in [1.29, 1.82) is 0 Å². The fourth-order valence-corrected chi connectivity index (χ4v) is 3.18. The Morgan fingerprint density at radius 2 is 1.86 bits per heavy atom. The molecule has 0 fully saturated rings. The molecule has 0 aliphatic rings. The van der Waals surface area contributed by atoms with Crippen LogP contribution in [0.2, 0.25) is 0 Å². The van der Waals surface area contributed by atoms with Crippen molar-refractivity contribution in [3.8, 4) is 0 Å². The van der Waals surface area contributed by atoms with Crippen LogP contribution in [0.15, 0.2) is 29.3 Å². The van der Waals surface area contributed by atoms with Crippen molar-refractivity contribution in [2.24, 2.45) is 16.8 Å². The second kappa shape index (κ2) is 16.2. The molecule has 0 aromatic heterocycles. The number of ether oxygens (including phenoxy) is 2. The summed E-state index contributed by atoms with van der Waals surface area (Å²) in [5.74, 6) is 1.88. The number of guanidine groups is 1. The standard InChI is InChI=1S/C23H41N3O3/c1-5-24-23(26-17-21(10-11-27)14-19(3)4)25-16-20-8-7-9-22(15-20)18-29-13-12-28-6-2/h7-9,15,19,21,27H,5-6,10-14,16-18H2,1-4H3,(H2,24,25,26). The molecule has 0 bridgehead atoms. The van der Waals surface area contributed by atoms with E-state index in [0.717, 1.165) is 49.6 Å². The lowest BCUT2D eigenvalue weighted by atomic mass is 9.94. The van der Waals surface area contributed by atoms with E-state index in [0.29, 0.717) is 38.2 Å². The maximum Gasteiger partial charge on any atom is 0.191 e. The van der Waals surface area contributed by atoms with Gasteiger partial charge >= 0.3 is 0 Å². The van der Waals surface area contributed by atoms with Gasteiger partial charge in [0.05, 0.1) is 26.4 Å². The molecule has 0 saturated carbocycles. The van der Waals surface area contributed by atoms with Crippen molar-refractivity contribution >= 4 is 5.96 Å². The summed E-state index contributed by atoms with van der Waals surface area (Å²) in [4.78, 5) is 4.73. The minimum atomic E-state index is 0.228. The lowest BCUT2D eigenvalue weighted by Gasteiger charge is -2.20. The van der Waals surface area contributed by atoms with Gasteiger partial charge in [-0.1, -0.05) is 38.1 Å². The van der Waals surface area contributed by atoms with Gasteiger partial charge in [-0.25, -0.2) is 4.99 Å². The number of hydrogen-bond donors (Lipinski definition) is 3. The number of hydrogen-bond acceptors (Lipinski definition) is 4. The van der Waals surface area contributed by atoms with Crippen LogP contribution in [0.1, 0.15) is 51.7 Å². The molecule has 6 nitrogen and oxygen atoms in total. The first-order chi connectivity index (χ1) is 14.1. The average molecular weight is 408 g/mol. The molecule has 29 heavy (non-hydrogen) atoms. The summed E-state index contributed by atoms with van der Waals surface area (Å²) >= 11 is 0. The number of nitrogens with zero attached hydrogens (tertiary/aromatic N) is 1. The van der Waals surface area contributed by atoms with Gasteiger partial charge in [-0.2, -0.15) is 0 Å². The van der Waals surface area contributed by atoms with E-state index in [2.05, 4.69) is 49.6 Å². The van der Waals surface area contributed by atoms with Gasteiger partial charge in [0.15, 0.2) is 5.96 Å². The van der Waals surface area contributed by atoms with Gasteiger partial charge in [0.2, 0.25) is 0 Å². The fraction of sp³-hybridized carbons (Fsp3) is 0.696. The Balaban J connectivity index is 2.57. The number of nitrogens with one attached hydrogen (secondary N) is 2. The van der Waals surface area contributed by atoms with Crippen molar-refractivity contribution in [3.05, 3.63) is 35.4 Å². The molecule has 0 radical (unpaired) electrons. The van der Waals surface area contributed by atoms with Crippen molar-refractivity contribution in [1.82, 2.24) is 10.6 Å². The predicted octanol–water partition coefficient (Wildman–Crippen LogP) is 3.34. The van der Waals surface area contributed by atoms with Crippen LogP contribution in [0.3, 0.4) is 0 Å². The van der Waals surface area contributed by atoms with E-state index >= 15 is 0 Å². The van der Waals surface area contributed by atoms with E-state index in [-0.39, 0.29) is 6.61 Å². The number of aliphatic imine (C=N–C) groups is 1. The summed E-state index contributed by atoms with van der Waals surface area (Å²) in [6.07, 6.45) is 1.91. The Hall–Kier alpha value is -1.63. The molecule has 0 amide bonds. The molecular weight excluding hydrogens is 366 g/mol. The van der Waals surface area contributed by atoms with Crippen LogP contribution in [0, 0.1) is 11.8 Å². The fourth-order valence-electron chi connectivity index (χ4n) is 3.18. The lowest BCUT2D eigenvalue weighted by molar-refractivity contribution is 0.0453. The number of benzene rings is 1. The topological polar surface area (TPSA) is 75.1 Å². The molecule has 1 unspecified atom stereocenters. The Bertz CT molecular complexity index is 564. The first-order valence-electron chi connectivity index (χ1n) is 10.9. The molecule has 0 aliphatic carbocycles. The normalized spacial score (nSPS) is 13.0. The van der Waals surface area contributed by atoms with E-state index in [1.54, 1.807) is 0 Å². The Kier molecular flexibility index (Phi) is 14.2. The third-order valence-electron chi connectivity index (χ3n) is 4.50. The Labute approximate surface area is 177 Å². The highest BCUT2D eigenvalue weighted by atomic mass is 16.5. The third kappa shape index (κ3) is 12.5. The lowest BCUT2D eigenvalue weighted by Crippen LogP contribution is -2.40. The van der Waals surface area contributed by atoms with Crippen molar-refractivity contribution in [3.63, 3.8) is 0 Å². The smallest absolute Gasteiger partial charge is 0.191 e. The highest BCUT2D eigenvalue weighted by molar-refractivity contribution is 5.79. The molecule has 6 heteroatoms. The molecule has 166 valence electrons. The molecule has 1 aromatic carbocycles. The van der Waals surface area contributed by atoms with E-state index in [1.807, 2.05) is 13.0 Å². The SMILES string of the molecule is CCNC(=NCc1cccc(COCCOCC)c1)NCC(CCO)CC(C)C. The quantitative estimate of drug-likeness (QED) is 0.236. The molecule has 3 N–H and O–H groups in total. The van der Waals surface area contributed by atoms with E-state index in [4.69, 9.17) is 14.5 Å². The van der Waals surface area contributed by atoms with Crippen molar-refractivity contribution in [2.45, 2.75) is 53.7 Å². The number of aliphatic hydroxyl groups excluding tert-OH is 1. The van der Waals surface area contributed by atoms with Crippen LogP contribution in [0.4, 0.5) is 0 Å². The highest BCUT2D eigenvalue weighted by Crippen LogP contribution is 2.14. The zero-order valence-corrected chi connectivity index (χ0v) is 18.7. The van der Waals surface area contributed by atoms with E-state index in [9.17, 15) is 5.11 Å². The van der Waals surface area contributed by atoms with Crippen molar-refractivity contribution in [2.75, 3.05) is 39.5 Å². The third-order valence-corrected chi connectivity index (χ3v) is 4.50. The minimum absolute atomic E-state index is 0.228. The van der Waals surface area contributed by atoms with Crippen LogP contribution in [0.5, 0.6) is 0 Å². The van der Waals surface area contributed by atoms with Gasteiger partial charge in [-0.3, -0.25) is 0 Å². The monoisotopic (exact) mass is 407 g/mol. The zero-order valence-electron chi connectivity index (χ0n) is 18.7. The molecule has 1 rings (SSSR count). The van der Waals surface area contributed by atoms with Crippen LogP contribution >= 0.6 is 0 Å². The molecule has 0 heterocycles. The Morgan fingerprint density at radius 3 is 2.55 bits per heavy atom. The molecule has 0 aliphatic heterocycles. The highest BCUT2D eigenvalue weighted by Gasteiger charge is 2.11. The maximum absolute atomic E-state index is 9.31. The van der Waals surface area contributed by atoms with Crippen LogP contribution in [0.25, 0.3) is 0 Å².